The molecule has 1 N–H and O–H groups in total. The standard InChI is InChI=1S/C19H21F3N4O.ClH/c1-12-17(18(27)25-14-5-6-16(25)10-23-8-7-14)11-24-26(12)15-4-2-3-13(9-15)19(20,21)22;/h2-4,9,11,14,16,23H,5-8,10H2,1H3;1H. The Morgan fingerprint density at radius 1 is 1.21 bits per heavy atom. The number of halogens is 4. The molecule has 28 heavy (non-hydrogen) atoms. The van der Waals surface area contributed by atoms with Crippen LogP contribution in [0.2, 0.25) is 0 Å². The quantitative estimate of drug-likeness (QED) is 0.817. The van der Waals surface area contributed by atoms with Gasteiger partial charge in [-0.1, -0.05) is 6.07 Å². The molecule has 5 nitrogen and oxygen atoms in total. The maximum atomic E-state index is 13.2. The van der Waals surface area contributed by atoms with E-state index >= 15 is 0 Å². The lowest BCUT2D eigenvalue weighted by Crippen LogP contribution is -2.42. The molecular weight excluding hydrogens is 393 g/mol. The van der Waals surface area contributed by atoms with Gasteiger partial charge in [-0.2, -0.15) is 18.3 Å². The number of rotatable bonds is 2. The van der Waals surface area contributed by atoms with Crippen molar-refractivity contribution >= 4 is 18.3 Å². The van der Waals surface area contributed by atoms with E-state index in [2.05, 4.69) is 10.4 Å². The van der Waals surface area contributed by atoms with Gasteiger partial charge in [0.2, 0.25) is 0 Å². The number of fused-ring (bicyclic) bond motifs is 2. The van der Waals surface area contributed by atoms with Gasteiger partial charge in [0.1, 0.15) is 0 Å². The van der Waals surface area contributed by atoms with Gasteiger partial charge in [-0.05, 0) is 50.9 Å². The van der Waals surface area contributed by atoms with Crippen molar-refractivity contribution in [2.75, 3.05) is 13.1 Å². The lowest BCUT2D eigenvalue weighted by molar-refractivity contribution is -0.137. The van der Waals surface area contributed by atoms with E-state index in [1.165, 1.54) is 16.9 Å². The van der Waals surface area contributed by atoms with E-state index in [9.17, 15) is 18.0 Å². The Labute approximate surface area is 167 Å². The van der Waals surface area contributed by atoms with Gasteiger partial charge in [-0.25, -0.2) is 4.68 Å². The molecule has 9 heteroatoms. The molecule has 1 amide bonds. The summed E-state index contributed by atoms with van der Waals surface area (Å²) in [5.74, 6) is -0.0816. The van der Waals surface area contributed by atoms with Gasteiger partial charge in [0.05, 0.1) is 28.7 Å². The molecule has 1 aromatic carbocycles. The monoisotopic (exact) mass is 414 g/mol. The van der Waals surface area contributed by atoms with Gasteiger partial charge < -0.3 is 10.2 Å². The summed E-state index contributed by atoms with van der Waals surface area (Å²) in [6.45, 7) is 3.40. The van der Waals surface area contributed by atoms with Crippen LogP contribution in [0.15, 0.2) is 30.5 Å². The van der Waals surface area contributed by atoms with Crippen molar-refractivity contribution in [3.8, 4) is 5.69 Å². The summed E-state index contributed by atoms with van der Waals surface area (Å²) in [5.41, 5.74) is 0.559. The smallest absolute Gasteiger partial charge is 0.331 e. The molecule has 1 aromatic heterocycles. The highest BCUT2D eigenvalue weighted by Crippen LogP contribution is 2.32. The zero-order valence-electron chi connectivity index (χ0n) is 15.4. The van der Waals surface area contributed by atoms with E-state index in [1.807, 2.05) is 4.90 Å². The van der Waals surface area contributed by atoms with Crippen molar-refractivity contribution in [1.82, 2.24) is 20.0 Å². The zero-order valence-corrected chi connectivity index (χ0v) is 16.2. The lowest BCUT2D eigenvalue weighted by Gasteiger charge is -2.27. The second kappa shape index (κ2) is 7.75. The predicted molar refractivity (Wildman–Crippen MR) is 101 cm³/mol. The maximum absolute atomic E-state index is 13.2. The van der Waals surface area contributed by atoms with Crippen LogP contribution in [0.1, 0.15) is 40.9 Å². The zero-order chi connectivity index (χ0) is 19.2. The summed E-state index contributed by atoms with van der Waals surface area (Å²) < 4.78 is 40.4. The molecule has 2 unspecified atom stereocenters. The summed E-state index contributed by atoms with van der Waals surface area (Å²) in [4.78, 5) is 15.1. The Balaban J connectivity index is 0.00000225. The molecule has 152 valence electrons. The Morgan fingerprint density at radius 2 is 1.96 bits per heavy atom. The average Bonchev–Trinajstić information content (AvgIpc) is 3.12. The number of benzene rings is 1. The number of carbonyl (C=O) groups excluding carboxylic acids is 1. The van der Waals surface area contributed by atoms with Crippen LogP contribution in [0, 0.1) is 6.92 Å². The molecule has 2 atom stereocenters. The molecule has 2 saturated heterocycles. The molecule has 0 spiro atoms. The van der Waals surface area contributed by atoms with Crippen LogP contribution in [-0.2, 0) is 6.18 Å². The SMILES string of the molecule is Cc1c(C(=O)N2C3CCNCC2CC3)cnn1-c1cccc(C(F)(F)F)c1.Cl. The fourth-order valence-electron chi connectivity index (χ4n) is 4.15. The molecule has 2 aromatic rings. The first-order chi connectivity index (χ1) is 12.9. The second-order valence-electron chi connectivity index (χ2n) is 7.19. The van der Waals surface area contributed by atoms with Crippen LogP contribution in [0.4, 0.5) is 13.2 Å². The lowest BCUT2D eigenvalue weighted by atomic mass is 10.1. The van der Waals surface area contributed by atoms with E-state index < -0.39 is 11.7 Å². The van der Waals surface area contributed by atoms with Crippen LogP contribution in [0.3, 0.4) is 0 Å². The van der Waals surface area contributed by atoms with Crippen molar-refractivity contribution in [2.24, 2.45) is 0 Å². The predicted octanol–water partition coefficient (Wildman–Crippen LogP) is 3.59. The van der Waals surface area contributed by atoms with Gasteiger partial charge in [-0.15, -0.1) is 12.4 Å². The Morgan fingerprint density at radius 3 is 2.71 bits per heavy atom. The number of hydrogen-bond acceptors (Lipinski definition) is 3. The van der Waals surface area contributed by atoms with E-state index in [-0.39, 0.29) is 30.4 Å². The first kappa shape index (κ1) is 20.7. The second-order valence-corrected chi connectivity index (χ2v) is 7.19. The highest BCUT2D eigenvalue weighted by molar-refractivity contribution is 5.96. The van der Waals surface area contributed by atoms with E-state index in [0.29, 0.717) is 16.9 Å². The molecule has 4 rings (SSSR count). The molecule has 2 aliphatic heterocycles. The summed E-state index contributed by atoms with van der Waals surface area (Å²) in [5, 5.41) is 7.56. The van der Waals surface area contributed by atoms with Crippen LogP contribution in [0.25, 0.3) is 5.69 Å². The number of amides is 1. The molecule has 2 bridgehead atoms. The largest absolute Gasteiger partial charge is 0.416 e. The topological polar surface area (TPSA) is 50.2 Å². The van der Waals surface area contributed by atoms with Gasteiger partial charge in [0.25, 0.3) is 5.91 Å². The minimum atomic E-state index is -4.42. The number of nitrogens with one attached hydrogen (secondary N) is 1. The Kier molecular flexibility index (Phi) is 5.72. The van der Waals surface area contributed by atoms with E-state index in [4.69, 9.17) is 0 Å². The number of aromatic nitrogens is 2. The van der Waals surface area contributed by atoms with Crippen molar-refractivity contribution < 1.29 is 18.0 Å². The van der Waals surface area contributed by atoms with E-state index in [0.717, 1.165) is 44.5 Å². The molecule has 0 aliphatic carbocycles. The first-order valence-electron chi connectivity index (χ1n) is 9.12. The first-order valence-corrected chi connectivity index (χ1v) is 9.12. The number of carbonyl (C=O) groups is 1. The van der Waals surface area contributed by atoms with Crippen LogP contribution >= 0.6 is 12.4 Å². The highest BCUT2D eigenvalue weighted by atomic mass is 35.5. The van der Waals surface area contributed by atoms with Gasteiger partial charge >= 0.3 is 6.18 Å². The number of alkyl halides is 3. The average molecular weight is 415 g/mol. The highest BCUT2D eigenvalue weighted by Gasteiger charge is 2.39. The Bertz CT molecular complexity index is 853. The molecule has 2 aliphatic rings. The maximum Gasteiger partial charge on any atom is 0.416 e. The van der Waals surface area contributed by atoms with E-state index in [1.54, 1.807) is 13.0 Å². The summed E-state index contributed by atoms with van der Waals surface area (Å²) in [6.07, 6.45) is -0.0597. The molecule has 0 saturated carbocycles. The fourth-order valence-corrected chi connectivity index (χ4v) is 4.15. The molecule has 0 radical (unpaired) electrons. The molecule has 2 fully saturated rings. The third-order valence-electron chi connectivity index (χ3n) is 5.55. The van der Waals surface area contributed by atoms with Crippen molar-refractivity contribution in [3.63, 3.8) is 0 Å². The van der Waals surface area contributed by atoms with Gasteiger partial charge in [0.15, 0.2) is 0 Å². The van der Waals surface area contributed by atoms with Crippen LogP contribution in [0.5, 0.6) is 0 Å². The van der Waals surface area contributed by atoms with Crippen molar-refractivity contribution in [2.45, 2.75) is 44.4 Å². The van der Waals surface area contributed by atoms with Crippen molar-refractivity contribution in [3.05, 3.63) is 47.3 Å². The van der Waals surface area contributed by atoms with Crippen molar-refractivity contribution in [1.29, 1.82) is 0 Å². The third-order valence-corrected chi connectivity index (χ3v) is 5.55. The normalized spacial score (nSPS) is 21.9. The van der Waals surface area contributed by atoms with Crippen LogP contribution in [-0.4, -0.2) is 45.8 Å². The number of nitrogens with zero attached hydrogens (tertiary/aromatic N) is 3. The minimum absolute atomic E-state index is 0. The summed E-state index contributed by atoms with van der Waals surface area (Å²) in [7, 11) is 0. The number of hydrogen-bond donors (Lipinski definition) is 1. The molecule has 3 heterocycles. The minimum Gasteiger partial charge on any atom is -0.331 e. The van der Waals surface area contributed by atoms with Crippen LogP contribution < -0.4 is 5.32 Å². The third kappa shape index (κ3) is 3.63. The van der Waals surface area contributed by atoms with Gasteiger partial charge in [-0.3, -0.25) is 4.79 Å². The Hall–Kier alpha value is -2.06. The fraction of sp³-hybridized carbons (Fsp3) is 0.474. The summed E-state index contributed by atoms with van der Waals surface area (Å²) >= 11 is 0. The summed E-state index contributed by atoms with van der Waals surface area (Å²) in [6, 6.07) is 5.37. The van der Waals surface area contributed by atoms with Gasteiger partial charge in [0, 0.05) is 18.6 Å². The molecular formula is C19H22ClF3N4O.